The molecule has 1 N–H and O–H groups in total. The Morgan fingerprint density at radius 3 is 1.70 bits per heavy atom. The van der Waals surface area contributed by atoms with Crippen LogP contribution >= 0.6 is 0 Å². The lowest BCUT2D eigenvalue weighted by molar-refractivity contribution is 0.253. The van der Waals surface area contributed by atoms with Gasteiger partial charge in [-0.1, -0.05) is 60.7 Å². The minimum absolute atomic E-state index is 0.207. The van der Waals surface area contributed by atoms with E-state index in [1.807, 2.05) is 85.7 Å². The number of phenolic OH excluding ortho intramolecular Hbond substituents is 1. The Hall–Kier alpha value is -2.98. The highest BCUT2D eigenvalue weighted by atomic mass is 16.5. The topological polar surface area (TPSA) is 41.9 Å². The van der Waals surface area contributed by atoms with Crippen LogP contribution in [0, 0.1) is 0 Å². The van der Waals surface area contributed by atoms with Crippen molar-refractivity contribution in [1.29, 1.82) is 0 Å². The molecule has 0 amide bonds. The first-order valence-corrected chi connectivity index (χ1v) is 8.96. The van der Waals surface area contributed by atoms with E-state index in [0.29, 0.717) is 31.3 Å². The van der Waals surface area contributed by atoms with E-state index in [9.17, 15) is 5.11 Å². The highest BCUT2D eigenvalue weighted by Crippen LogP contribution is 2.36. The van der Waals surface area contributed by atoms with Gasteiger partial charge in [-0.25, -0.2) is 0 Å². The summed E-state index contributed by atoms with van der Waals surface area (Å²) in [5.41, 5.74) is 2.94. The molecule has 0 atom stereocenters. The minimum atomic E-state index is 0.207. The molecule has 0 fully saturated rings. The van der Waals surface area contributed by atoms with E-state index in [2.05, 4.69) is 0 Å². The van der Waals surface area contributed by atoms with Crippen LogP contribution in [-0.2, 0) is 19.8 Å². The summed E-state index contributed by atoms with van der Waals surface area (Å²) in [6, 6.07) is 23.4. The van der Waals surface area contributed by atoms with Gasteiger partial charge in [-0.2, -0.15) is 0 Å². The lowest BCUT2D eigenvalue weighted by Gasteiger charge is -2.17. The molecule has 27 heavy (non-hydrogen) atoms. The number of benzene rings is 3. The SMILES string of the molecule is CN(C)Cc1cc(OCc2ccccc2)c(OCc2ccccc2)cc1O. The molecule has 3 aromatic carbocycles. The van der Waals surface area contributed by atoms with Crippen molar-refractivity contribution in [3.63, 3.8) is 0 Å². The van der Waals surface area contributed by atoms with Crippen molar-refractivity contribution in [3.05, 3.63) is 89.5 Å². The predicted molar refractivity (Wildman–Crippen MR) is 107 cm³/mol. The molecule has 3 rings (SSSR count). The first-order chi connectivity index (χ1) is 13.1. The molecule has 0 heterocycles. The van der Waals surface area contributed by atoms with Gasteiger partial charge >= 0.3 is 0 Å². The summed E-state index contributed by atoms with van der Waals surface area (Å²) >= 11 is 0. The highest BCUT2D eigenvalue weighted by Gasteiger charge is 2.13. The summed E-state index contributed by atoms with van der Waals surface area (Å²) in [5.74, 6) is 1.37. The zero-order valence-corrected chi connectivity index (χ0v) is 15.8. The maximum Gasteiger partial charge on any atom is 0.165 e. The Labute approximate surface area is 160 Å². The Bertz CT molecular complexity index is 848. The summed E-state index contributed by atoms with van der Waals surface area (Å²) in [7, 11) is 3.92. The van der Waals surface area contributed by atoms with Crippen LogP contribution in [0.1, 0.15) is 16.7 Å². The van der Waals surface area contributed by atoms with E-state index in [0.717, 1.165) is 16.7 Å². The molecule has 0 aliphatic rings. The average Bonchev–Trinajstić information content (AvgIpc) is 2.68. The Morgan fingerprint density at radius 1 is 0.741 bits per heavy atom. The van der Waals surface area contributed by atoms with Crippen molar-refractivity contribution < 1.29 is 14.6 Å². The average molecular weight is 363 g/mol. The van der Waals surface area contributed by atoms with Crippen molar-refractivity contribution in [2.75, 3.05) is 14.1 Å². The van der Waals surface area contributed by atoms with Gasteiger partial charge < -0.3 is 19.5 Å². The van der Waals surface area contributed by atoms with Gasteiger partial charge in [-0.3, -0.25) is 0 Å². The standard InChI is InChI=1S/C23H25NO3/c1-24(2)15-20-13-22(26-16-18-9-5-3-6-10-18)23(14-21(20)25)27-17-19-11-7-4-8-12-19/h3-14,25H,15-17H2,1-2H3. The van der Waals surface area contributed by atoms with Crippen LogP contribution in [0.15, 0.2) is 72.8 Å². The smallest absolute Gasteiger partial charge is 0.165 e. The van der Waals surface area contributed by atoms with Crippen LogP contribution in [0.5, 0.6) is 17.2 Å². The van der Waals surface area contributed by atoms with Gasteiger partial charge in [0.15, 0.2) is 11.5 Å². The lowest BCUT2D eigenvalue weighted by atomic mass is 10.1. The Kier molecular flexibility index (Phi) is 6.34. The fourth-order valence-corrected chi connectivity index (χ4v) is 2.75. The molecule has 0 aliphatic carbocycles. The van der Waals surface area contributed by atoms with Gasteiger partial charge in [-0.05, 0) is 31.3 Å². The first-order valence-electron chi connectivity index (χ1n) is 8.96. The molecule has 0 spiro atoms. The summed E-state index contributed by atoms with van der Waals surface area (Å²) in [4.78, 5) is 2.00. The van der Waals surface area contributed by atoms with Gasteiger partial charge in [0, 0.05) is 18.2 Å². The molecule has 140 valence electrons. The van der Waals surface area contributed by atoms with Crippen molar-refractivity contribution >= 4 is 0 Å². The van der Waals surface area contributed by atoms with E-state index in [1.54, 1.807) is 6.07 Å². The van der Waals surface area contributed by atoms with Crippen molar-refractivity contribution in [1.82, 2.24) is 4.90 Å². The van der Waals surface area contributed by atoms with Crippen LogP contribution < -0.4 is 9.47 Å². The number of nitrogens with zero attached hydrogens (tertiary/aromatic N) is 1. The van der Waals surface area contributed by atoms with Crippen LogP contribution in [0.4, 0.5) is 0 Å². The lowest BCUT2D eigenvalue weighted by Crippen LogP contribution is -2.11. The molecule has 0 unspecified atom stereocenters. The molecule has 4 nitrogen and oxygen atoms in total. The third kappa shape index (κ3) is 5.50. The second-order valence-electron chi connectivity index (χ2n) is 6.71. The summed E-state index contributed by atoms with van der Waals surface area (Å²) in [5, 5.41) is 10.4. The molecular formula is C23H25NO3. The van der Waals surface area contributed by atoms with Crippen LogP contribution in [0.25, 0.3) is 0 Å². The summed E-state index contributed by atoms with van der Waals surface area (Å²) in [6.45, 7) is 1.47. The molecule has 3 aromatic rings. The Balaban J connectivity index is 1.81. The molecule has 4 heteroatoms. The molecule has 0 aliphatic heterocycles. The molecule has 0 saturated heterocycles. The van der Waals surface area contributed by atoms with Gasteiger partial charge in [0.1, 0.15) is 19.0 Å². The number of rotatable bonds is 8. The Morgan fingerprint density at radius 2 is 1.22 bits per heavy atom. The first kappa shape index (κ1) is 18.8. The zero-order valence-electron chi connectivity index (χ0n) is 15.8. The molecule has 0 saturated carbocycles. The van der Waals surface area contributed by atoms with Crippen molar-refractivity contribution in [2.45, 2.75) is 19.8 Å². The largest absolute Gasteiger partial charge is 0.507 e. The fraction of sp³-hybridized carbons (Fsp3) is 0.217. The quantitative estimate of drug-likeness (QED) is 0.634. The zero-order chi connectivity index (χ0) is 19.1. The van der Waals surface area contributed by atoms with Gasteiger partial charge in [0.2, 0.25) is 0 Å². The second-order valence-corrected chi connectivity index (χ2v) is 6.71. The molecule has 0 aromatic heterocycles. The minimum Gasteiger partial charge on any atom is -0.507 e. The third-order valence-corrected chi connectivity index (χ3v) is 4.11. The number of phenols is 1. The monoisotopic (exact) mass is 363 g/mol. The van der Waals surface area contributed by atoms with Gasteiger partial charge in [0.25, 0.3) is 0 Å². The number of aromatic hydroxyl groups is 1. The van der Waals surface area contributed by atoms with E-state index in [4.69, 9.17) is 9.47 Å². The maximum absolute atomic E-state index is 10.4. The van der Waals surface area contributed by atoms with E-state index >= 15 is 0 Å². The summed E-state index contributed by atoms with van der Waals surface area (Å²) in [6.07, 6.45) is 0. The number of hydrogen-bond donors (Lipinski definition) is 1. The van der Waals surface area contributed by atoms with E-state index in [1.165, 1.54) is 0 Å². The molecular weight excluding hydrogens is 338 g/mol. The van der Waals surface area contributed by atoms with Gasteiger partial charge in [-0.15, -0.1) is 0 Å². The van der Waals surface area contributed by atoms with E-state index < -0.39 is 0 Å². The second kappa shape index (κ2) is 9.10. The van der Waals surface area contributed by atoms with Gasteiger partial charge in [0.05, 0.1) is 0 Å². The number of ether oxygens (including phenoxy) is 2. The number of hydrogen-bond acceptors (Lipinski definition) is 4. The highest BCUT2D eigenvalue weighted by molar-refractivity contribution is 5.50. The fourth-order valence-electron chi connectivity index (χ4n) is 2.75. The van der Waals surface area contributed by atoms with Crippen molar-refractivity contribution in [3.8, 4) is 17.2 Å². The molecule has 0 radical (unpaired) electrons. The van der Waals surface area contributed by atoms with Crippen molar-refractivity contribution in [2.24, 2.45) is 0 Å². The van der Waals surface area contributed by atoms with Crippen LogP contribution in [0.3, 0.4) is 0 Å². The maximum atomic E-state index is 10.4. The third-order valence-electron chi connectivity index (χ3n) is 4.11. The summed E-state index contributed by atoms with van der Waals surface area (Å²) < 4.78 is 12.0. The normalized spacial score (nSPS) is 10.8. The van der Waals surface area contributed by atoms with Crippen LogP contribution in [-0.4, -0.2) is 24.1 Å². The van der Waals surface area contributed by atoms with E-state index in [-0.39, 0.29) is 5.75 Å². The van der Waals surface area contributed by atoms with Crippen LogP contribution in [0.2, 0.25) is 0 Å². The molecule has 0 bridgehead atoms. The predicted octanol–water partition coefficient (Wildman–Crippen LogP) is 4.61.